The Bertz CT molecular complexity index is 4210. The Labute approximate surface area is 469 Å². The molecule has 76 heavy (non-hydrogen) atoms. The minimum Gasteiger partial charge on any atom is -0.503 e. The first-order valence-corrected chi connectivity index (χ1v) is 24.6. The summed E-state index contributed by atoms with van der Waals surface area (Å²) in [5.74, 6) is 4.24. The zero-order valence-electron chi connectivity index (χ0n) is 48.6. The van der Waals surface area contributed by atoms with Gasteiger partial charge in [0, 0.05) is 85.3 Å². The van der Waals surface area contributed by atoms with Gasteiger partial charge in [-0.2, -0.15) is 23.9 Å². The molecule has 372 valence electrons. The zero-order chi connectivity index (χ0) is 56.9. The van der Waals surface area contributed by atoms with Crippen LogP contribution in [0.25, 0.3) is 61.0 Å². The number of allylic oxidation sites excluding steroid dienone is 8. The van der Waals surface area contributed by atoms with E-state index in [0.717, 1.165) is 54.8 Å². The number of fused-ring (bicyclic) bond motifs is 5. The molecule has 6 aromatic carbocycles. The Hall–Kier alpha value is -8.52. The van der Waals surface area contributed by atoms with Crippen molar-refractivity contribution >= 4 is 81.1 Å². The molecule has 0 saturated heterocycles. The van der Waals surface area contributed by atoms with Gasteiger partial charge >= 0.3 is 0 Å². The summed E-state index contributed by atoms with van der Waals surface area (Å²) in [5, 5.41) is 7.01. The van der Waals surface area contributed by atoms with E-state index in [1.54, 1.807) is 36.4 Å². The SMILES string of the molecule is [2H]c1c([2H])c([2H])c2c(c1[2H])c1ccc(Oc3[c-]c(N4[CH-]N(c5c(/C6=C/C=C\N/C=C\C=C/[B]6)cc(C(C)(C)C)cc5/C5=C/C=C\N/C=C\C=C/[B]5)c5ccccc54)cc(-c4ccccc4)n3)[c-]c1n2-c1nc2ccccc2n1C([2H])([2H])[2H].[Pt]. The molecule has 6 heterocycles. The zero-order valence-corrected chi connectivity index (χ0v) is 43.9. The van der Waals surface area contributed by atoms with Gasteiger partial charge in [-0.3, -0.25) is 4.98 Å². The van der Waals surface area contributed by atoms with E-state index in [0.29, 0.717) is 27.8 Å². The molecule has 3 aliphatic rings. The van der Waals surface area contributed by atoms with E-state index in [1.165, 1.54) is 4.57 Å². The van der Waals surface area contributed by atoms with Crippen LogP contribution in [-0.2, 0) is 33.5 Å². The Morgan fingerprint density at radius 1 is 0.671 bits per heavy atom. The Kier molecular flexibility index (Phi) is 11.8. The van der Waals surface area contributed by atoms with Crippen LogP contribution in [0.15, 0.2) is 219 Å². The van der Waals surface area contributed by atoms with Gasteiger partial charge < -0.3 is 34.3 Å². The van der Waals surface area contributed by atoms with Crippen LogP contribution in [0.2, 0.25) is 0 Å². The summed E-state index contributed by atoms with van der Waals surface area (Å²) in [6.45, 7) is 6.02. The van der Waals surface area contributed by atoms with Crippen LogP contribution in [0.4, 0.5) is 22.7 Å². The van der Waals surface area contributed by atoms with Crippen LogP contribution in [-0.4, -0.2) is 33.7 Å². The Morgan fingerprint density at radius 3 is 2.04 bits per heavy atom. The van der Waals surface area contributed by atoms with Gasteiger partial charge in [0.25, 0.3) is 0 Å². The number of pyridine rings is 1. The predicted octanol–water partition coefficient (Wildman–Crippen LogP) is 14.2. The fourth-order valence-electron chi connectivity index (χ4n) is 9.44. The summed E-state index contributed by atoms with van der Waals surface area (Å²) in [5.41, 5.74) is 10.5. The Morgan fingerprint density at radius 2 is 1.33 bits per heavy atom. The topological polar surface area (TPSA) is 75.4 Å². The fraction of sp³-hybridized carbons (Fsp3) is 0.0781. The number of para-hydroxylation sites is 5. The van der Waals surface area contributed by atoms with E-state index in [1.807, 2.05) is 122 Å². The van der Waals surface area contributed by atoms with Gasteiger partial charge in [-0.15, -0.1) is 36.1 Å². The first-order chi connectivity index (χ1) is 39.6. The van der Waals surface area contributed by atoms with Crippen molar-refractivity contribution in [3.63, 3.8) is 0 Å². The average molecular weight is 1170 g/mol. The van der Waals surface area contributed by atoms with E-state index in [4.69, 9.17) is 22.9 Å². The fourth-order valence-corrected chi connectivity index (χ4v) is 9.44. The van der Waals surface area contributed by atoms with Crippen molar-refractivity contribution in [2.75, 3.05) is 9.80 Å². The summed E-state index contributed by atoms with van der Waals surface area (Å²) < 4.78 is 71.1. The molecule has 12 rings (SSSR count). The van der Waals surface area contributed by atoms with Crippen LogP contribution in [0.5, 0.6) is 11.6 Å². The maximum absolute atomic E-state index is 9.21. The number of imidazole rings is 1. The molecule has 0 unspecified atom stereocenters. The van der Waals surface area contributed by atoms with Crippen LogP contribution >= 0.6 is 0 Å². The molecule has 9 aromatic rings. The first kappa shape index (κ1) is 41.8. The molecule has 0 spiro atoms. The molecule has 12 heteroatoms. The molecule has 0 fully saturated rings. The molecule has 0 aliphatic carbocycles. The first-order valence-electron chi connectivity index (χ1n) is 28.1. The number of nitrogens with one attached hydrogen (secondary N) is 2. The van der Waals surface area contributed by atoms with Crippen molar-refractivity contribution in [2.24, 2.45) is 6.98 Å². The van der Waals surface area contributed by atoms with E-state index in [2.05, 4.69) is 111 Å². The third kappa shape index (κ3) is 9.71. The van der Waals surface area contributed by atoms with E-state index in [9.17, 15) is 1.37 Å². The number of aromatic nitrogens is 4. The minimum atomic E-state index is -2.75. The van der Waals surface area contributed by atoms with Gasteiger partial charge in [0.2, 0.25) is 5.95 Å². The molecular weight excluding hydrogens is 1110 g/mol. The number of hydrogen-bond donors (Lipinski definition) is 2. The number of benzene rings is 6. The van der Waals surface area contributed by atoms with Crippen LogP contribution in [0.3, 0.4) is 0 Å². The van der Waals surface area contributed by atoms with Gasteiger partial charge in [0.1, 0.15) is 5.88 Å². The molecule has 2 N–H and O–H groups in total. The Balaban J connectivity index is 0.00000721. The van der Waals surface area contributed by atoms with Crippen molar-refractivity contribution in [2.45, 2.75) is 26.2 Å². The molecule has 3 aromatic heterocycles. The van der Waals surface area contributed by atoms with Crippen molar-refractivity contribution in [3.05, 3.63) is 254 Å². The van der Waals surface area contributed by atoms with E-state index < -0.39 is 19.1 Å². The monoisotopic (exact) mass is 1170 g/mol. The quantitative estimate of drug-likeness (QED) is 0.116. The predicted molar refractivity (Wildman–Crippen MR) is 311 cm³/mol. The third-order valence-corrected chi connectivity index (χ3v) is 13.1. The summed E-state index contributed by atoms with van der Waals surface area (Å²) in [7, 11) is 4.27. The molecular formula is C64H51B2N8OPt-3. The maximum Gasteiger partial charge on any atom is 0.213 e. The average Bonchev–Trinajstić information content (AvgIpc) is 4.30. The number of ether oxygens (including phenoxy) is 1. The standard InChI is InChI=1S/C64H51B2N8O.Pt/c1-64(2,3)45-38-50(52-23-18-36-67-34-16-14-32-65-52)62(51(39-45)53-24-19-37-68-35-17-15-33-66-53)73-43-72(58-28-12-13-29-59(58)73)46-40-55(44-20-6-5-7-21-44)69-61(41-46)75-47-30-31-49-48-22-8-10-26-56(48)74(60(49)42-47)63-70-54-25-9-11-27-57(54)71(63)4;/h5-40,43,67-68H,1-4H3;/q-3;/b32-14-,33-15-,34-16-,35-17-,36-18-,37-19-,52-23-,53-24-;/i4D3,8D,10D,22D,26D;. The number of anilines is 4. The molecule has 3 aliphatic heterocycles. The summed E-state index contributed by atoms with van der Waals surface area (Å²) in [6.07, 6.45) is 23.7. The summed E-state index contributed by atoms with van der Waals surface area (Å²) in [4.78, 5) is 14.2. The second kappa shape index (κ2) is 21.4. The maximum atomic E-state index is 9.21. The van der Waals surface area contributed by atoms with Gasteiger partial charge in [-0.1, -0.05) is 134 Å². The molecule has 0 bridgehead atoms. The molecule has 0 saturated carbocycles. The minimum absolute atomic E-state index is 0. The normalized spacial score (nSPS) is 19.8. The van der Waals surface area contributed by atoms with Crippen molar-refractivity contribution < 1.29 is 35.4 Å². The second-order valence-corrected chi connectivity index (χ2v) is 18.9. The summed E-state index contributed by atoms with van der Waals surface area (Å²) in [6, 6.07) is 40.0. The summed E-state index contributed by atoms with van der Waals surface area (Å²) >= 11 is 0. The molecule has 0 amide bonds. The van der Waals surface area contributed by atoms with Crippen LogP contribution < -0.4 is 25.2 Å². The van der Waals surface area contributed by atoms with Crippen LogP contribution in [0.1, 0.15) is 47.1 Å². The molecule has 9 nitrogen and oxygen atoms in total. The van der Waals surface area contributed by atoms with Gasteiger partial charge in [0.05, 0.1) is 16.5 Å². The van der Waals surface area contributed by atoms with Gasteiger partial charge in [0.15, 0.2) is 14.6 Å². The van der Waals surface area contributed by atoms with Gasteiger partial charge in [-0.25, -0.2) is 4.98 Å². The third-order valence-electron chi connectivity index (χ3n) is 13.1. The smallest absolute Gasteiger partial charge is 0.213 e. The van der Waals surface area contributed by atoms with Gasteiger partial charge in [-0.05, 0) is 105 Å². The molecule has 2 radical (unpaired) electrons. The van der Waals surface area contributed by atoms with Crippen LogP contribution in [0, 0.1) is 18.8 Å². The number of hydrogen-bond acceptors (Lipinski definition) is 7. The van der Waals surface area contributed by atoms with Crippen molar-refractivity contribution in [1.82, 2.24) is 29.7 Å². The molecule has 0 atom stereocenters. The van der Waals surface area contributed by atoms with E-state index >= 15 is 0 Å². The van der Waals surface area contributed by atoms with E-state index in [-0.39, 0.29) is 72.6 Å². The number of rotatable bonds is 8. The number of aryl methyl sites for hydroxylation is 1. The number of nitrogens with zero attached hydrogens (tertiary/aromatic N) is 6. The second-order valence-electron chi connectivity index (χ2n) is 18.9. The van der Waals surface area contributed by atoms with Crippen molar-refractivity contribution in [1.29, 1.82) is 0 Å². The van der Waals surface area contributed by atoms with Crippen molar-refractivity contribution in [3.8, 4) is 28.8 Å². The largest absolute Gasteiger partial charge is 0.503 e.